The minimum Gasteiger partial charge on any atom is -0.301 e. The Bertz CT molecular complexity index is 619. The Morgan fingerprint density at radius 2 is 2.00 bits per heavy atom. The number of H-pyrrole nitrogens is 1. The highest BCUT2D eigenvalue weighted by Crippen LogP contribution is 2.14. The van der Waals surface area contributed by atoms with Crippen LogP contribution in [0.1, 0.15) is 22.4 Å². The number of aromatic amines is 1. The quantitative estimate of drug-likeness (QED) is 0.681. The van der Waals surface area contributed by atoms with Crippen LogP contribution in [0.4, 0.5) is 0 Å². The summed E-state index contributed by atoms with van der Waals surface area (Å²) in [5, 5.41) is 0.672. The third-order valence-corrected chi connectivity index (χ3v) is 3.60. The number of aromatic nitrogens is 2. The summed E-state index contributed by atoms with van der Waals surface area (Å²) in [6.07, 6.45) is 2.54. The normalized spacial score (nSPS) is 10.6. The average molecular weight is 260 g/mol. The van der Waals surface area contributed by atoms with Crippen LogP contribution in [0.5, 0.6) is 0 Å². The molecule has 2 rings (SSSR count). The molecule has 0 bridgehead atoms. The molecule has 0 fully saturated rings. The Labute approximate surface area is 111 Å². The molecule has 0 spiro atoms. The molecule has 0 aliphatic rings. The van der Waals surface area contributed by atoms with Gasteiger partial charge in [-0.2, -0.15) is 0 Å². The van der Waals surface area contributed by atoms with E-state index in [0.717, 1.165) is 11.3 Å². The van der Waals surface area contributed by atoms with Crippen molar-refractivity contribution in [2.24, 2.45) is 0 Å². The maximum absolute atomic E-state index is 12.0. The van der Waals surface area contributed by atoms with Gasteiger partial charge in [-0.25, -0.2) is 4.98 Å². The second kappa shape index (κ2) is 5.40. The summed E-state index contributed by atoms with van der Waals surface area (Å²) in [5.41, 5.74) is 3.90. The number of nitrogens with zero attached hydrogens (tertiary/aromatic N) is 1. The molecule has 0 aliphatic carbocycles. The maximum atomic E-state index is 12.0. The summed E-state index contributed by atoms with van der Waals surface area (Å²) in [7, 11) is 0. The van der Waals surface area contributed by atoms with Gasteiger partial charge in [-0.3, -0.25) is 4.79 Å². The fourth-order valence-corrected chi connectivity index (χ4v) is 2.31. The molecule has 94 valence electrons. The Hall–Kier alpha value is -1.55. The number of nitrogens with one attached hydrogen (secondary N) is 1. The largest absolute Gasteiger partial charge is 0.301 e. The fraction of sp³-hybridized carbons (Fsp3) is 0.286. The van der Waals surface area contributed by atoms with Crippen molar-refractivity contribution in [3.05, 3.63) is 57.0 Å². The molecule has 0 atom stereocenters. The van der Waals surface area contributed by atoms with Crippen molar-refractivity contribution < 1.29 is 0 Å². The van der Waals surface area contributed by atoms with Crippen LogP contribution in [0.2, 0.25) is 0 Å². The summed E-state index contributed by atoms with van der Waals surface area (Å²) in [6.45, 7) is 3.95. The van der Waals surface area contributed by atoms with Crippen molar-refractivity contribution in [3.8, 4) is 0 Å². The molecule has 0 saturated carbocycles. The summed E-state index contributed by atoms with van der Waals surface area (Å²) in [4.78, 5) is 19.2. The van der Waals surface area contributed by atoms with Gasteiger partial charge in [0.25, 0.3) is 5.56 Å². The highest BCUT2D eigenvalue weighted by atomic mass is 32.2. The molecule has 1 heterocycles. The van der Waals surface area contributed by atoms with Gasteiger partial charge < -0.3 is 4.98 Å². The number of aryl methyl sites for hydroxylation is 2. The third kappa shape index (κ3) is 2.64. The van der Waals surface area contributed by atoms with Crippen LogP contribution in [-0.4, -0.2) is 16.2 Å². The van der Waals surface area contributed by atoms with E-state index in [1.54, 1.807) is 0 Å². The van der Waals surface area contributed by atoms with E-state index in [0.29, 0.717) is 11.6 Å². The Balaban J connectivity index is 2.42. The summed E-state index contributed by atoms with van der Waals surface area (Å²) in [6, 6.07) is 8.11. The first kappa shape index (κ1) is 12.9. The first-order valence-electron chi connectivity index (χ1n) is 5.80. The lowest BCUT2D eigenvalue weighted by Gasteiger charge is -2.08. The van der Waals surface area contributed by atoms with Crippen LogP contribution in [0.3, 0.4) is 0 Å². The predicted molar refractivity (Wildman–Crippen MR) is 75.4 cm³/mol. The van der Waals surface area contributed by atoms with Gasteiger partial charge in [-0.15, -0.1) is 0 Å². The first-order valence-corrected chi connectivity index (χ1v) is 7.02. The van der Waals surface area contributed by atoms with Gasteiger partial charge >= 0.3 is 0 Å². The zero-order chi connectivity index (χ0) is 13.1. The summed E-state index contributed by atoms with van der Waals surface area (Å²) in [5.74, 6) is 0. The van der Waals surface area contributed by atoms with Crippen LogP contribution >= 0.6 is 11.8 Å². The SMILES string of the molecule is CSc1nc(C)c(Cc2ccccc2C)c(=O)[nH]1. The van der Waals surface area contributed by atoms with E-state index in [-0.39, 0.29) is 5.56 Å². The number of hydrogen-bond donors (Lipinski definition) is 1. The van der Waals surface area contributed by atoms with Crippen molar-refractivity contribution in [2.45, 2.75) is 25.4 Å². The van der Waals surface area contributed by atoms with Gasteiger partial charge in [0, 0.05) is 17.7 Å². The molecular weight excluding hydrogens is 244 g/mol. The second-order valence-electron chi connectivity index (χ2n) is 4.24. The van der Waals surface area contributed by atoms with E-state index >= 15 is 0 Å². The molecule has 18 heavy (non-hydrogen) atoms. The smallest absolute Gasteiger partial charge is 0.255 e. The number of thioether (sulfide) groups is 1. The topological polar surface area (TPSA) is 45.8 Å². The van der Waals surface area contributed by atoms with Gasteiger partial charge in [-0.1, -0.05) is 36.0 Å². The van der Waals surface area contributed by atoms with Gasteiger partial charge in [-0.05, 0) is 31.2 Å². The van der Waals surface area contributed by atoms with Crippen molar-refractivity contribution in [1.82, 2.24) is 9.97 Å². The molecule has 0 amide bonds. The second-order valence-corrected chi connectivity index (χ2v) is 5.04. The molecule has 1 N–H and O–H groups in total. The van der Waals surface area contributed by atoms with Crippen molar-refractivity contribution >= 4 is 11.8 Å². The van der Waals surface area contributed by atoms with Crippen molar-refractivity contribution in [1.29, 1.82) is 0 Å². The van der Waals surface area contributed by atoms with Crippen molar-refractivity contribution in [2.75, 3.05) is 6.26 Å². The van der Waals surface area contributed by atoms with Crippen LogP contribution in [0, 0.1) is 13.8 Å². The van der Waals surface area contributed by atoms with Crippen LogP contribution in [0.25, 0.3) is 0 Å². The molecule has 0 aliphatic heterocycles. The van der Waals surface area contributed by atoms with Gasteiger partial charge in [0.1, 0.15) is 0 Å². The minimum absolute atomic E-state index is 0.0323. The lowest BCUT2D eigenvalue weighted by Crippen LogP contribution is -2.17. The van der Waals surface area contributed by atoms with E-state index in [9.17, 15) is 4.79 Å². The fourth-order valence-electron chi connectivity index (χ4n) is 1.89. The molecule has 4 heteroatoms. The monoisotopic (exact) mass is 260 g/mol. The van der Waals surface area contributed by atoms with Crippen LogP contribution in [0.15, 0.2) is 34.2 Å². The predicted octanol–water partition coefficient (Wildman–Crippen LogP) is 2.70. The Morgan fingerprint density at radius 3 is 2.61 bits per heavy atom. The minimum atomic E-state index is -0.0323. The Kier molecular flexibility index (Phi) is 3.87. The molecule has 2 aromatic rings. The summed E-state index contributed by atoms with van der Waals surface area (Å²) < 4.78 is 0. The van der Waals surface area contributed by atoms with Gasteiger partial charge in [0.15, 0.2) is 5.16 Å². The van der Waals surface area contributed by atoms with E-state index in [4.69, 9.17) is 0 Å². The molecule has 0 saturated heterocycles. The van der Waals surface area contributed by atoms with Crippen LogP contribution < -0.4 is 5.56 Å². The van der Waals surface area contributed by atoms with E-state index in [1.807, 2.05) is 25.3 Å². The first-order chi connectivity index (χ1) is 8.61. The highest BCUT2D eigenvalue weighted by Gasteiger charge is 2.09. The van der Waals surface area contributed by atoms with Gasteiger partial charge in [0.2, 0.25) is 0 Å². The van der Waals surface area contributed by atoms with E-state index in [2.05, 4.69) is 29.0 Å². The van der Waals surface area contributed by atoms with E-state index < -0.39 is 0 Å². The average Bonchev–Trinajstić information content (AvgIpc) is 2.35. The number of hydrogen-bond acceptors (Lipinski definition) is 3. The Morgan fingerprint density at radius 1 is 1.28 bits per heavy atom. The lowest BCUT2D eigenvalue weighted by molar-refractivity contribution is 0.867. The lowest BCUT2D eigenvalue weighted by atomic mass is 10.0. The third-order valence-electron chi connectivity index (χ3n) is 3.02. The molecule has 1 aromatic carbocycles. The zero-order valence-electron chi connectivity index (χ0n) is 10.8. The number of benzene rings is 1. The number of rotatable bonds is 3. The van der Waals surface area contributed by atoms with E-state index in [1.165, 1.54) is 22.9 Å². The highest BCUT2D eigenvalue weighted by molar-refractivity contribution is 7.98. The summed E-state index contributed by atoms with van der Waals surface area (Å²) >= 11 is 1.45. The maximum Gasteiger partial charge on any atom is 0.255 e. The molecule has 3 nitrogen and oxygen atoms in total. The van der Waals surface area contributed by atoms with Gasteiger partial charge in [0.05, 0.1) is 0 Å². The molecule has 0 unspecified atom stereocenters. The van der Waals surface area contributed by atoms with Crippen LogP contribution in [-0.2, 0) is 6.42 Å². The zero-order valence-corrected chi connectivity index (χ0v) is 11.6. The van der Waals surface area contributed by atoms with Crippen molar-refractivity contribution in [3.63, 3.8) is 0 Å². The molecule has 1 aromatic heterocycles. The standard InChI is InChI=1S/C14H16N2OS/c1-9-6-4-5-7-11(9)8-12-10(2)15-14(18-3)16-13(12)17/h4-7H,8H2,1-3H3,(H,15,16,17). The molecular formula is C14H16N2OS. The molecule has 0 radical (unpaired) electrons.